The lowest BCUT2D eigenvalue weighted by atomic mass is 10.1. The number of hydrogen-bond donors (Lipinski definition) is 3. The monoisotopic (exact) mass is 388 g/mol. The van der Waals surface area contributed by atoms with E-state index in [0.29, 0.717) is 23.8 Å². The lowest BCUT2D eigenvalue weighted by Crippen LogP contribution is -2.64. The number of fused-ring (bicyclic) bond motifs is 1. The number of carbonyl (C=O) groups excluding carboxylic acids is 2. The van der Waals surface area contributed by atoms with Crippen LogP contribution in [0.3, 0.4) is 0 Å². The van der Waals surface area contributed by atoms with Crippen molar-refractivity contribution < 1.29 is 19.4 Å². The maximum Gasteiger partial charge on any atom is 0.325 e. The molecule has 3 N–H and O–H groups in total. The van der Waals surface area contributed by atoms with Crippen LogP contribution in [0.2, 0.25) is 0 Å². The molecule has 28 heavy (non-hydrogen) atoms. The summed E-state index contributed by atoms with van der Waals surface area (Å²) in [4.78, 5) is 32.0. The van der Waals surface area contributed by atoms with Crippen molar-refractivity contribution in [3.05, 3.63) is 23.8 Å². The number of nitrogens with one attached hydrogen (secondary N) is 2. The molecule has 1 fully saturated rings. The van der Waals surface area contributed by atoms with Crippen LogP contribution in [-0.2, 0) is 4.79 Å². The number of imide groups is 1. The second kappa shape index (κ2) is 7.75. The predicted molar refractivity (Wildman–Crippen MR) is 103 cm³/mol. The zero-order chi connectivity index (χ0) is 20.4. The molecule has 2 heterocycles. The molecule has 10 heteroatoms. The van der Waals surface area contributed by atoms with Crippen molar-refractivity contribution in [1.29, 1.82) is 0 Å². The Morgan fingerprint density at radius 3 is 2.86 bits per heavy atom. The van der Waals surface area contributed by atoms with E-state index in [9.17, 15) is 14.7 Å². The third-order valence-corrected chi connectivity index (χ3v) is 4.54. The molecule has 1 aromatic rings. The van der Waals surface area contributed by atoms with Gasteiger partial charge in [-0.25, -0.2) is 15.2 Å². The SMILES string of the molecule is COc1cccc(/C=N/NC2=NC3C(C(=O)NC(=O)N3C)N2CC(C)C)c1O. The summed E-state index contributed by atoms with van der Waals surface area (Å²) in [5.74, 6) is 0.573. The van der Waals surface area contributed by atoms with Gasteiger partial charge in [0.1, 0.15) is 0 Å². The summed E-state index contributed by atoms with van der Waals surface area (Å²) in [5, 5.41) is 16.6. The van der Waals surface area contributed by atoms with Crippen LogP contribution in [0.25, 0.3) is 0 Å². The van der Waals surface area contributed by atoms with Gasteiger partial charge in [-0.15, -0.1) is 0 Å². The summed E-state index contributed by atoms with van der Waals surface area (Å²) < 4.78 is 5.08. The van der Waals surface area contributed by atoms with Gasteiger partial charge in [-0.2, -0.15) is 5.10 Å². The van der Waals surface area contributed by atoms with Gasteiger partial charge >= 0.3 is 6.03 Å². The molecular weight excluding hydrogens is 364 g/mol. The lowest BCUT2D eigenvalue weighted by Gasteiger charge is -2.36. The fourth-order valence-electron chi connectivity index (χ4n) is 3.18. The van der Waals surface area contributed by atoms with Gasteiger partial charge in [0.15, 0.2) is 23.7 Å². The minimum atomic E-state index is -0.622. The quantitative estimate of drug-likeness (QED) is 0.500. The topological polar surface area (TPSA) is 119 Å². The number of phenols is 1. The number of phenolic OH excluding ortho intramolecular Hbond substituents is 1. The zero-order valence-corrected chi connectivity index (χ0v) is 16.2. The van der Waals surface area contributed by atoms with Crippen molar-refractivity contribution in [2.75, 3.05) is 20.7 Å². The fraction of sp³-hybridized carbons (Fsp3) is 0.444. The Kier molecular flexibility index (Phi) is 5.39. The summed E-state index contributed by atoms with van der Waals surface area (Å²) >= 11 is 0. The summed E-state index contributed by atoms with van der Waals surface area (Å²) in [6, 6.07) is 3.96. The molecule has 0 spiro atoms. The highest BCUT2D eigenvalue weighted by Gasteiger charge is 2.48. The molecule has 3 rings (SSSR count). The van der Waals surface area contributed by atoms with Crippen molar-refractivity contribution >= 4 is 24.1 Å². The molecule has 2 aliphatic heterocycles. The third kappa shape index (κ3) is 3.57. The van der Waals surface area contributed by atoms with Crippen LogP contribution >= 0.6 is 0 Å². The van der Waals surface area contributed by atoms with Gasteiger partial charge < -0.3 is 19.6 Å². The Labute approximate surface area is 162 Å². The van der Waals surface area contributed by atoms with E-state index < -0.39 is 18.2 Å². The number of hydrogen-bond acceptors (Lipinski definition) is 8. The summed E-state index contributed by atoms with van der Waals surface area (Å²) in [5.41, 5.74) is 3.30. The first-order valence-corrected chi connectivity index (χ1v) is 8.90. The Bertz CT molecular complexity index is 837. The Hall–Kier alpha value is -3.30. The van der Waals surface area contributed by atoms with Crippen molar-refractivity contribution in [2.45, 2.75) is 26.1 Å². The van der Waals surface area contributed by atoms with Crippen molar-refractivity contribution in [3.8, 4) is 11.5 Å². The highest BCUT2D eigenvalue weighted by Crippen LogP contribution is 2.28. The molecule has 2 aliphatic rings. The number of methoxy groups -OCH3 is 1. The lowest BCUT2D eigenvalue weighted by molar-refractivity contribution is -0.127. The number of amides is 3. The van der Waals surface area contributed by atoms with E-state index >= 15 is 0 Å². The first kappa shape index (κ1) is 19.5. The van der Waals surface area contributed by atoms with Crippen molar-refractivity contribution in [2.24, 2.45) is 16.0 Å². The molecule has 0 aliphatic carbocycles. The van der Waals surface area contributed by atoms with E-state index in [0.717, 1.165) is 0 Å². The summed E-state index contributed by atoms with van der Waals surface area (Å²) in [7, 11) is 3.06. The maximum absolute atomic E-state index is 12.4. The molecule has 1 aromatic carbocycles. The Morgan fingerprint density at radius 1 is 1.43 bits per heavy atom. The number of carbonyl (C=O) groups is 2. The molecule has 2 unspecified atom stereocenters. The number of ether oxygens (including phenoxy) is 1. The number of hydrazone groups is 1. The van der Waals surface area contributed by atoms with E-state index in [-0.39, 0.29) is 17.6 Å². The smallest absolute Gasteiger partial charge is 0.325 e. The van der Waals surface area contributed by atoms with Crippen LogP contribution in [0.1, 0.15) is 19.4 Å². The molecule has 3 amide bonds. The molecule has 2 atom stereocenters. The molecule has 150 valence electrons. The molecule has 0 bridgehead atoms. The van der Waals surface area contributed by atoms with Crippen LogP contribution < -0.4 is 15.5 Å². The molecular formula is C18H24N6O4. The third-order valence-electron chi connectivity index (χ3n) is 4.54. The Balaban J connectivity index is 1.83. The van der Waals surface area contributed by atoms with E-state index in [1.807, 2.05) is 13.8 Å². The van der Waals surface area contributed by atoms with Crippen LogP contribution in [0, 0.1) is 5.92 Å². The minimum Gasteiger partial charge on any atom is -0.504 e. The number of nitrogens with zero attached hydrogens (tertiary/aromatic N) is 4. The average Bonchev–Trinajstić information content (AvgIpc) is 2.99. The molecule has 1 saturated heterocycles. The second-order valence-electron chi connectivity index (χ2n) is 7.03. The van der Waals surface area contributed by atoms with Crippen molar-refractivity contribution in [1.82, 2.24) is 20.5 Å². The molecule has 0 radical (unpaired) electrons. The maximum atomic E-state index is 12.4. The van der Waals surface area contributed by atoms with Crippen molar-refractivity contribution in [3.63, 3.8) is 0 Å². The minimum absolute atomic E-state index is 0.0266. The molecule has 10 nitrogen and oxygen atoms in total. The predicted octanol–water partition coefficient (Wildman–Crippen LogP) is 0.528. The summed E-state index contributed by atoms with van der Waals surface area (Å²) in [6.07, 6.45) is 0.813. The van der Waals surface area contributed by atoms with Gasteiger partial charge in [0.25, 0.3) is 5.91 Å². The van der Waals surface area contributed by atoms with Gasteiger partial charge in [0.2, 0.25) is 5.96 Å². The number of likely N-dealkylation sites (N-methyl/N-ethyl adjacent to an activating group) is 1. The Morgan fingerprint density at radius 2 is 2.18 bits per heavy atom. The van der Waals surface area contributed by atoms with Gasteiger partial charge in [-0.1, -0.05) is 19.9 Å². The van der Waals surface area contributed by atoms with E-state index in [1.54, 1.807) is 30.1 Å². The van der Waals surface area contributed by atoms with E-state index in [2.05, 4.69) is 20.8 Å². The molecule has 0 saturated carbocycles. The van der Waals surface area contributed by atoms with E-state index in [4.69, 9.17) is 4.74 Å². The van der Waals surface area contributed by atoms with Gasteiger partial charge in [-0.05, 0) is 18.1 Å². The number of urea groups is 1. The highest BCUT2D eigenvalue weighted by molar-refractivity contribution is 6.03. The normalized spacial score (nSPS) is 21.8. The number of benzene rings is 1. The van der Waals surface area contributed by atoms with Gasteiger partial charge in [-0.3, -0.25) is 10.1 Å². The largest absolute Gasteiger partial charge is 0.504 e. The number of guanidine groups is 1. The zero-order valence-electron chi connectivity index (χ0n) is 16.2. The highest BCUT2D eigenvalue weighted by atomic mass is 16.5. The number of rotatable bonds is 5. The van der Waals surface area contributed by atoms with Crippen LogP contribution in [-0.4, -0.2) is 71.9 Å². The molecule has 0 aromatic heterocycles. The second-order valence-corrected chi connectivity index (χ2v) is 7.03. The first-order chi connectivity index (χ1) is 13.3. The standard InChI is InChI=1S/C18H24N6O4/c1-10(2)9-24-13-15(23(3)18(27)21-16(13)26)20-17(24)22-19-8-11-6-5-7-12(28-4)14(11)25/h5-8,10,13,15,25H,9H2,1-4H3,(H,20,22)(H,21,26,27)/b19-8+. The van der Waals surface area contributed by atoms with Crippen LogP contribution in [0.5, 0.6) is 11.5 Å². The van der Waals surface area contributed by atoms with Gasteiger partial charge in [0.05, 0.1) is 13.3 Å². The number of aromatic hydroxyl groups is 1. The summed E-state index contributed by atoms with van der Waals surface area (Å²) in [6.45, 7) is 4.61. The van der Waals surface area contributed by atoms with Gasteiger partial charge in [0, 0.05) is 19.2 Å². The fourth-order valence-corrected chi connectivity index (χ4v) is 3.18. The van der Waals surface area contributed by atoms with E-state index in [1.165, 1.54) is 18.2 Å². The first-order valence-electron chi connectivity index (χ1n) is 8.90. The number of para-hydroxylation sites is 1. The van der Waals surface area contributed by atoms with Crippen LogP contribution in [0.4, 0.5) is 4.79 Å². The average molecular weight is 388 g/mol. The number of aliphatic imine (C=N–C) groups is 1. The van der Waals surface area contributed by atoms with Crippen LogP contribution in [0.15, 0.2) is 28.3 Å².